The number of rotatable bonds is 5. The van der Waals surface area contributed by atoms with Gasteiger partial charge in [0.2, 0.25) is 0 Å². The lowest BCUT2D eigenvalue weighted by atomic mass is 9.97. The summed E-state index contributed by atoms with van der Waals surface area (Å²) in [5.41, 5.74) is 6.73. The lowest BCUT2D eigenvalue weighted by Gasteiger charge is -2.22. The minimum absolute atomic E-state index is 0.573. The van der Waals surface area contributed by atoms with Gasteiger partial charge in [-0.2, -0.15) is 0 Å². The molecule has 0 radical (unpaired) electrons. The quantitative estimate of drug-likeness (QED) is 0.818. The van der Waals surface area contributed by atoms with Gasteiger partial charge < -0.3 is 15.8 Å². The summed E-state index contributed by atoms with van der Waals surface area (Å²) in [7, 11) is 0. The Morgan fingerprint density at radius 3 is 3.12 bits per heavy atom. The van der Waals surface area contributed by atoms with Gasteiger partial charge in [0.25, 0.3) is 0 Å². The van der Waals surface area contributed by atoms with E-state index in [0.717, 1.165) is 36.8 Å². The first-order chi connectivity index (χ1) is 8.38. The maximum atomic E-state index is 5.77. The summed E-state index contributed by atoms with van der Waals surface area (Å²) in [6, 6.07) is 8.05. The van der Waals surface area contributed by atoms with Crippen molar-refractivity contribution in [3.05, 3.63) is 29.8 Å². The van der Waals surface area contributed by atoms with Crippen LogP contribution in [-0.4, -0.2) is 19.7 Å². The Labute approximate surface area is 103 Å². The van der Waals surface area contributed by atoms with Crippen molar-refractivity contribution in [3.8, 4) is 5.75 Å². The number of hydrogen-bond acceptors (Lipinski definition) is 3. The molecule has 3 N–H and O–H groups in total. The predicted molar refractivity (Wildman–Crippen MR) is 70.0 cm³/mol. The highest BCUT2D eigenvalue weighted by atomic mass is 16.5. The first-order valence-electron chi connectivity index (χ1n) is 6.51. The van der Waals surface area contributed by atoms with Gasteiger partial charge in [0.15, 0.2) is 0 Å². The van der Waals surface area contributed by atoms with E-state index in [0.29, 0.717) is 6.54 Å². The van der Waals surface area contributed by atoms with Crippen LogP contribution < -0.4 is 15.8 Å². The van der Waals surface area contributed by atoms with E-state index >= 15 is 0 Å². The molecule has 0 saturated carbocycles. The molecule has 1 saturated heterocycles. The zero-order valence-electron chi connectivity index (χ0n) is 10.3. The molecule has 1 aromatic rings. The van der Waals surface area contributed by atoms with E-state index < -0.39 is 0 Å². The van der Waals surface area contributed by atoms with Gasteiger partial charge in [-0.1, -0.05) is 12.1 Å². The summed E-state index contributed by atoms with van der Waals surface area (Å²) in [4.78, 5) is 0. The van der Waals surface area contributed by atoms with Crippen LogP contribution in [0, 0.1) is 5.92 Å². The summed E-state index contributed by atoms with van der Waals surface area (Å²) in [6.45, 7) is 3.70. The van der Waals surface area contributed by atoms with Gasteiger partial charge in [-0.3, -0.25) is 0 Å². The third-order valence-corrected chi connectivity index (χ3v) is 3.33. The molecule has 1 atom stereocenters. The van der Waals surface area contributed by atoms with E-state index in [4.69, 9.17) is 10.5 Å². The maximum Gasteiger partial charge on any atom is 0.119 e. The average molecular weight is 234 g/mol. The zero-order chi connectivity index (χ0) is 11.9. The molecule has 1 aromatic carbocycles. The molecule has 0 bridgehead atoms. The van der Waals surface area contributed by atoms with E-state index in [1.54, 1.807) is 0 Å². The normalized spacial score (nSPS) is 20.2. The molecule has 1 aliphatic rings. The van der Waals surface area contributed by atoms with Crippen LogP contribution in [0.1, 0.15) is 24.8 Å². The SMILES string of the molecule is NCc1cccc(OCCC2CCCNC2)c1. The molecule has 1 fully saturated rings. The van der Waals surface area contributed by atoms with E-state index in [1.165, 1.54) is 19.4 Å². The van der Waals surface area contributed by atoms with Crippen molar-refractivity contribution in [3.63, 3.8) is 0 Å². The van der Waals surface area contributed by atoms with Crippen molar-refractivity contribution in [2.45, 2.75) is 25.8 Å². The monoisotopic (exact) mass is 234 g/mol. The summed E-state index contributed by atoms with van der Waals surface area (Å²) in [5.74, 6) is 1.72. The van der Waals surface area contributed by atoms with Crippen molar-refractivity contribution >= 4 is 0 Å². The van der Waals surface area contributed by atoms with Gasteiger partial charge >= 0.3 is 0 Å². The van der Waals surface area contributed by atoms with Crippen LogP contribution in [0.5, 0.6) is 5.75 Å². The Balaban J connectivity index is 1.73. The highest BCUT2D eigenvalue weighted by Crippen LogP contribution is 2.17. The molecular weight excluding hydrogens is 212 g/mol. The molecule has 3 heteroatoms. The van der Waals surface area contributed by atoms with Crippen molar-refractivity contribution in [2.75, 3.05) is 19.7 Å². The van der Waals surface area contributed by atoms with Crippen LogP contribution >= 0.6 is 0 Å². The van der Waals surface area contributed by atoms with Gasteiger partial charge in [0.05, 0.1) is 6.61 Å². The molecule has 1 aliphatic heterocycles. The fourth-order valence-electron chi connectivity index (χ4n) is 2.28. The maximum absolute atomic E-state index is 5.77. The second-order valence-corrected chi connectivity index (χ2v) is 4.70. The van der Waals surface area contributed by atoms with Crippen molar-refractivity contribution < 1.29 is 4.74 Å². The van der Waals surface area contributed by atoms with E-state index in [1.807, 2.05) is 24.3 Å². The van der Waals surface area contributed by atoms with E-state index in [2.05, 4.69) is 5.32 Å². The molecule has 0 aliphatic carbocycles. The summed E-state index contributed by atoms with van der Waals surface area (Å²) >= 11 is 0. The van der Waals surface area contributed by atoms with Crippen molar-refractivity contribution in [2.24, 2.45) is 11.7 Å². The fraction of sp³-hybridized carbons (Fsp3) is 0.571. The smallest absolute Gasteiger partial charge is 0.119 e. The topological polar surface area (TPSA) is 47.3 Å². The van der Waals surface area contributed by atoms with Crippen LogP contribution in [0.2, 0.25) is 0 Å². The van der Waals surface area contributed by atoms with Crippen LogP contribution in [0.25, 0.3) is 0 Å². The second kappa shape index (κ2) is 6.62. The third kappa shape index (κ3) is 4.02. The lowest BCUT2D eigenvalue weighted by molar-refractivity contribution is 0.254. The van der Waals surface area contributed by atoms with Gasteiger partial charge in [-0.25, -0.2) is 0 Å². The Bertz CT molecular complexity index is 335. The first kappa shape index (κ1) is 12.4. The number of hydrogen-bond donors (Lipinski definition) is 2. The van der Waals surface area contributed by atoms with Crippen LogP contribution in [0.3, 0.4) is 0 Å². The largest absolute Gasteiger partial charge is 0.494 e. The number of nitrogens with two attached hydrogens (primary N) is 1. The predicted octanol–water partition coefficient (Wildman–Crippen LogP) is 1.91. The third-order valence-electron chi connectivity index (χ3n) is 3.33. The zero-order valence-corrected chi connectivity index (χ0v) is 10.3. The Kier molecular flexibility index (Phi) is 4.83. The van der Waals surface area contributed by atoms with Gasteiger partial charge in [-0.15, -0.1) is 0 Å². The summed E-state index contributed by atoms with van der Waals surface area (Å²) in [6.07, 6.45) is 3.77. The molecule has 0 amide bonds. The number of ether oxygens (including phenoxy) is 1. The minimum Gasteiger partial charge on any atom is -0.494 e. The van der Waals surface area contributed by atoms with Crippen LogP contribution in [0.4, 0.5) is 0 Å². The fourth-order valence-corrected chi connectivity index (χ4v) is 2.28. The molecule has 1 heterocycles. The molecule has 17 heavy (non-hydrogen) atoms. The molecule has 3 nitrogen and oxygen atoms in total. The van der Waals surface area contributed by atoms with Crippen molar-refractivity contribution in [1.82, 2.24) is 5.32 Å². The molecule has 1 unspecified atom stereocenters. The average Bonchev–Trinajstić information content (AvgIpc) is 2.40. The van der Waals surface area contributed by atoms with Gasteiger partial charge in [0, 0.05) is 6.54 Å². The summed E-state index contributed by atoms with van der Waals surface area (Å²) < 4.78 is 5.77. The van der Waals surface area contributed by atoms with Gasteiger partial charge in [-0.05, 0) is 56.0 Å². The number of benzene rings is 1. The Hall–Kier alpha value is -1.06. The molecular formula is C14H22N2O. The number of nitrogens with one attached hydrogen (secondary N) is 1. The standard InChI is InChI=1S/C14H22N2O/c15-10-13-3-1-5-14(9-13)17-8-6-12-4-2-7-16-11-12/h1,3,5,9,12,16H,2,4,6-8,10-11,15H2. The van der Waals surface area contributed by atoms with Gasteiger partial charge in [0.1, 0.15) is 5.75 Å². The lowest BCUT2D eigenvalue weighted by Crippen LogP contribution is -2.30. The van der Waals surface area contributed by atoms with E-state index in [9.17, 15) is 0 Å². The highest BCUT2D eigenvalue weighted by molar-refractivity contribution is 5.28. The van der Waals surface area contributed by atoms with Crippen molar-refractivity contribution in [1.29, 1.82) is 0 Å². The molecule has 0 spiro atoms. The Morgan fingerprint density at radius 2 is 2.35 bits per heavy atom. The van der Waals surface area contributed by atoms with Crippen LogP contribution in [0.15, 0.2) is 24.3 Å². The molecule has 2 rings (SSSR count). The van der Waals surface area contributed by atoms with Crippen LogP contribution in [-0.2, 0) is 6.54 Å². The first-order valence-corrected chi connectivity index (χ1v) is 6.51. The minimum atomic E-state index is 0.573. The molecule has 0 aromatic heterocycles. The Morgan fingerprint density at radius 1 is 1.41 bits per heavy atom. The highest BCUT2D eigenvalue weighted by Gasteiger charge is 2.12. The number of piperidine rings is 1. The summed E-state index contributed by atoms with van der Waals surface area (Å²) in [5, 5.41) is 3.43. The second-order valence-electron chi connectivity index (χ2n) is 4.70. The molecule has 94 valence electrons. The van der Waals surface area contributed by atoms with E-state index in [-0.39, 0.29) is 0 Å².